The molecule has 0 saturated carbocycles. The van der Waals surface area contributed by atoms with E-state index in [1.165, 1.54) is 18.5 Å². The number of aryl methyl sites for hydroxylation is 1. The normalized spacial score (nSPS) is 14.7. The Morgan fingerprint density at radius 1 is 1.21 bits per heavy atom. The highest BCUT2D eigenvalue weighted by molar-refractivity contribution is 6.03. The molecule has 0 unspecified atom stereocenters. The summed E-state index contributed by atoms with van der Waals surface area (Å²) in [7, 11) is 2.00. The highest BCUT2D eigenvalue weighted by atomic mass is 16.1. The summed E-state index contributed by atoms with van der Waals surface area (Å²) in [5.41, 5.74) is 2.39. The van der Waals surface area contributed by atoms with Gasteiger partial charge < -0.3 is 15.1 Å². The topological polar surface area (TPSA) is 61.4 Å². The minimum atomic E-state index is -0.208. The zero-order valence-corrected chi connectivity index (χ0v) is 18.1. The van der Waals surface area contributed by atoms with Crippen LogP contribution in [-0.2, 0) is 0 Å². The quantitative estimate of drug-likeness (QED) is 0.747. The van der Waals surface area contributed by atoms with Crippen molar-refractivity contribution < 1.29 is 4.79 Å². The molecule has 29 heavy (non-hydrogen) atoms. The number of piperidine rings is 1. The van der Waals surface area contributed by atoms with Gasteiger partial charge in [-0.15, -0.1) is 0 Å². The molecule has 0 spiro atoms. The summed E-state index contributed by atoms with van der Waals surface area (Å²) < 4.78 is 0. The molecule has 1 aliphatic heterocycles. The highest BCUT2D eigenvalue weighted by Crippen LogP contribution is 2.24. The first kappa shape index (κ1) is 21.1. The van der Waals surface area contributed by atoms with E-state index < -0.39 is 0 Å². The van der Waals surface area contributed by atoms with Crippen LogP contribution in [0.25, 0.3) is 0 Å². The van der Waals surface area contributed by atoms with Gasteiger partial charge in [0.2, 0.25) is 0 Å². The van der Waals surface area contributed by atoms with Crippen molar-refractivity contribution in [2.24, 2.45) is 5.92 Å². The fraction of sp³-hybridized carbons (Fsp3) is 0.522. The van der Waals surface area contributed by atoms with Crippen molar-refractivity contribution in [3.05, 3.63) is 41.9 Å². The van der Waals surface area contributed by atoms with Crippen LogP contribution in [0.2, 0.25) is 0 Å². The molecule has 3 rings (SSSR count). The van der Waals surface area contributed by atoms with E-state index in [1.54, 1.807) is 6.07 Å². The SMILES string of the molecule is CCCCN(C)c1cc(C(=O)Nc2ccc(N3CCC(C)CC3)cc2)nc(C)n1. The van der Waals surface area contributed by atoms with E-state index in [-0.39, 0.29) is 5.91 Å². The molecule has 2 aromatic rings. The minimum absolute atomic E-state index is 0.208. The summed E-state index contributed by atoms with van der Waals surface area (Å²) >= 11 is 0. The fourth-order valence-corrected chi connectivity index (χ4v) is 3.59. The van der Waals surface area contributed by atoms with E-state index in [0.717, 1.165) is 49.9 Å². The lowest BCUT2D eigenvalue weighted by molar-refractivity contribution is 0.102. The van der Waals surface area contributed by atoms with Crippen molar-refractivity contribution in [1.29, 1.82) is 0 Å². The molecule has 1 saturated heterocycles. The van der Waals surface area contributed by atoms with Gasteiger partial charge in [-0.3, -0.25) is 4.79 Å². The number of nitrogens with one attached hydrogen (secondary N) is 1. The summed E-state index contributed by atoms with van der Waals surface area (Å²) in [6, 6.07) is 9.87. The van der Waals surface area contributed by atoms with Crippen LogP contribution in [0.15, 0.2) is 30.3 Å². The highest BCUT2D eigenvalue weighted by Gasteiger charge is 2.16. The standard InChI is InChI=1S/C23H33N5O/c1-5-6-13-27(4)22-16-21(24-18(3)25-22)23(29)26-19-7-9-20(10-8-19)28-14-11-17(2)12-15-28/h7-10,16-17H,5-6,11-15H2,1-4H3,(H,26,29). The lowest BCUT2D eigenvalue weighted by Crippen LogP contribution is -2.32. The second-order valence-corrected chi connectivity index (χ2v) is 8.10. The van der Waals surface area contributed by atoms with Crippen LogP contribution < -0.4 is 15.1 Å². The van der Waals surface area contributed by atoms with E-state index in [4.69, 9.17) is 0 Å². The summed E-state index contributed by atoms with van der Waals surface area (Å²) in [6.07, 6.45) is 4.68. The third-order valence-corrected chi connectivity index (χ3v) is 5.57. The molecule has 6 nitrogen and oxygen atoms in total. The molecule has 6 heteroatoms. The third-order valence-electron chi connectivity index (χ3n) is 5.57. The number of carbonyl (C=O) groups is 1. The van der Waals surface area contributed by atoms with Crippen molar-refractivity contribution in [2.45, 2.75) is 46.5 Å². The number of anilines is 3. The van der Waals surface area contributed by atoms with Crippen LogP contribution >= 0.6 is 0 Å². The molecule has 1 fully saturated rings. The van der Waals surface area contributed by atoms with Crippen molar-refractivity contribution in [3.63, 3.8) is 0 Å². The molecule has 0 atom stereocenters. The monoisotopic (exact) mass is 395 g/mol. The van der Waals surface area contributed by atoms with Gasteiger partial charge in [-0.1, -0.05) is 20.3 Å². The maximum Gasteiger partial charge on any atom is 0.274 e. The van der Waals surface area contributed by atoms with Crippen LogP contribution in [0.3, 0.4) is 0 Å². The number of unbranched alkanes of at least 4 members (excludes halogenated alkanes) is 1. The number of nitrogens with zero attached hydrogens (tertiary/aromatic N) is 4. The average Bonchev–Trinajstić information content (AvgIpc) is 2.72. The number of amides is 1. The Bertz CT molecular complexity index is 813. The van der Waals surface area contributed by atoms with E-state index >= 15 is 0 Å². The van der Waals surface area contributed by atoms with Gasteiger partial charge in [0.15, 0.2) is 0 Å². The zero-order valence-electron chi connectivity index (χ0n) is 18.1. The molecular weight excluding hydrogens is 362 g/mol. The Hall–Kier alpha value is -2.63. The molecule has 156 valence electrons. The van der Waals surface area contributed by atoms with Gasteiger partial charge in [-0.25, -0.2) is 9.97 Å². The Morgan fingerprint density at radius 3 is 2.55 bits per heavy atom. The third kappa shape index (κ3) is 5.68. The Kier molecular flexibility index (Phi) is 7.07. The molecule has 0 radical (unpaired) electrons. The van der Waals surface area contributed by atoms with Gasteiger partial charge in [0.25, 0.3) is 5.91 Å². The summed E-state index contributed by atoms with van der Waals surface area (Å²) in [4.78, 5) is 26.0. The van der Waals surface area contributed by atoms with Crippen molar-refractivity contribution in [2.75, 3.05) is 41.8 Å². The first-order valence-electron chi connectivity index (χ1n) is 10.7. The molecule has 1 aromatic heterocycles. The number of carbonyl (C=O) groups excluding carboxylic acids is 1. The lowest BCUT2D eigenvalue weighted by atomic mass is 9.99. The fourth-order valence-electron chi connectivity index (χ4n) is 3.59. The number of benzene rings is 1. The maximum atomic E-state index is 12.7. The lowest BCUT2D eigenvalue weighted by Gasteiger charge is -2.32. The summed E-state index contributed by atoms with van der Waals surface area (Å²) in [5.74, 6) is 1.99. The molecule has 0 aliphatic carbocycles. The first-order valence-corrected chi connectivity index (χ1v) is 10.7. The zero-order chi connectivity index (χ0) is 20.8. The molecule has 1 aliphatic rings. The first-order chi connectivity index (χ1) is 14.0. The Labute approximate surface area is 174 Å². The minimum Gasteiger partial charge on any atom is -0.372 e. The molecular formula is C23H33N5O. The number of rotatable bonds is 7. The largest absolute Gasteiger partial charge is 0.372 e. The predicted octanol–water partition coefficient (Wildman–Crippen LogP) is 4.51. The van der Waals surface area contributed by atoms with Crippen molar-refractivity contribution in [3.8, 4) is 0 Å². The van der Waals surface area contributed by atoms with Crippen LogP contribution in [-0.4, -0.2) is 42.6 Å². The summed E-state index contributed by atoms with van der Waals surface area (Å²) in [5, 5.41) is 2.97. The van der Waals surface area contributed by atoms with E-state index in [1.807, 2.05) is 26.1 Å². The predicted molar refractivity (Wildman–Crippen MR) is 120 cm³/mol. The van der Waals surface area contributed by atoms with E-state index in [2.05, 4.69) is 51.1 Å². The second-order valence-electron chi connectivity index (χ2n) is 8.10. The van der Waals surface area contributed by atoms with Crippen LogP contribution in [0.4, 0.5) is 17.2 Å². The number of aromatic nitrogens is 2. The van der Waals surface area contributed by atoms with Gasteiger partial charge in [-0.2, -0.15) is 0 Å². The molecule has 1 aromatic carbocycles. The van der Waals surface area contributed by atoms with Crippen molar-refractivity contribution in [1.82, 2.24) is 9.97 Å². The molecule has 1 N–H and O–H groups in total. The average molecular weight is 396 g/mol. The maximum absolute atomic E-state index is 12.7. The van der Waals surface area contributed by atoms with Gasteiger partial charge >= 0.3 is 0 Å². The smallest absolute Gasteiger partial charge is 0.274 e. The van der Waals surface area contributed by atoms with Gasteiger partial charge in [0.1, 0.15) is 17.3 Å². The molecule has 1 amide bonds. The van der Waals surface area contributed by atoms with Crippen molar-refractivity contribution >= 4 is 23.1 Å². The van der Waals surface area contributed by atoms with Gasteiger partial charge in [0.05, 0.1) is 0 Å². The van der Waals surface area contributed by atoms with E-state index in [0.29, 0.717) is 11.5 Å². The van der Waals surface area contributed by atoms with Crippen LogP contribution in [0, 0.1) is 12.8 Å². The second kappa shape index (κ2) is 9.72. The van der Waals surface area contributed by atoms with Gasteiger partial charge in [-0.05, 0) is 56.4 Å². The van der Waals surface area contributed by atoms with Gasteiger partial charge in [0, 0.05) is 44.1 Å². The molecule has 2 heterocycles. The Balaban J connectivity index is 1.66. The van der Waals surface area contributed by atoms with E-state index in [9.17, 15) is 4.79 Å². The van der Waals surface area contributed by atoms with Crippen LogP contribution in [0.5, 0.6) is 0 Å². The number of hydrogen-bond acceptors (Lipinski definition) is 5. The number of hydrogen-bond donors (Lipinski definition) is 1. The summed E-state index contributed by atoms with van der Waals surface area (Å²) in [6.45, 7) is 9.41. The Morgan fingerprint density at radius 2 is 1.90 bits per heavy atom. The molecule has 0 bridgehead atoms. The van der Waals surface area contributed by atoms with Crippen LogP contribution in [0.1, 0.15) is 55.8 Å².